The number of aromatic nitrogens is 1. The van der Waals surface area contributed by atoms with Gasteiger partial charge in [0, 0.05) is 13.3 Å². The summed E-state index contributed by atoms with van der Waals surface area (Å²) in [5.41, 5.74) is 0.697. The molecule has 0 bridgehead atoms. The lowest BCUT2D eigenvalue weighted by Crippen LogP contribution is -1.93. The standard InChI is InChI=1S/C10H15NO2/c1-6(2)5-9-11-7(3)10(13-9)8(4)12/h6H,5H2,1-4H3. The molecule has 0 unspecified atom stereocenters. The lowest BCUT2D eigenvalue weighted by molar-refractivity contribution is 0.0984. The van der Waals surface area contributed by atoms with Gasteiger partial charge in [-0.05, 0) is 12.8 Å². The lowest BCUT2D eigenvalue weighted by Gasteiger charge is -1.97. The molecule has 1 heterocycles. The van der Waals surface area contributed by atoms with Gasteiger partial charge in [0.15, 0.2) is 17.4 Å². The fourth-order valence-corrected chi connectivity index (χ4v) is 1.22. The molecule has 0 N–H and O–H groups in total. The number of aryl methyl sites for hydroxylation is 1. The van der Waals surface area contributed by atoms with E-state index in [0.717, 1.165) is 6.42 Å². The molecule has 0 radical (unpaired) electrons. The van der Waals surface area contributed by atoms with Crippen LogP contribution in [0.3, 0.4) is 0 Å². The fourth-order valence-electron chi connectivity index (χ4n) is 1.22. The molecular weight excluding hydrogens is 166 g/mol. The first kappa shape index (κ1) is 9.96. The first-order chi connectivity index (χ1) is 6.00. The number of nitrogens with zero attached hydrogens (tertiary/aromatic N) is 1. The number of oxazole rings is 1. The van der Waals surface area contributed by atoms with Crippen molar-refractivity contribution in [3.63, 3.8) is 0 Å². The van der Waals surface area contributed by atoms with Crippen LogP contribution < -0.4 is 0 Å². The molecule has 0 saturated heterocycles. The van der Waals surface area contributed by atoms with E-state index in [1.54, 1.807) is 6.92 Å². The summed E-state index contributed by atoms with van der Waals surface area (Å²) in [6, 6.07) is 0. The maximum absolute atomic E-state index is 11.0. The van der Waals surface area contributed by atoms with Gasteiger partial charge in [0.1, 0.15) is 0 Å². The molecule has 0 spiro atoms. The third-order valence-corrected chi connectivity index (χ3v) is 1.74. The molecule has 0 atom stereocenters. The number of carbonyl (C=O) groups is 1. The van der Waals surface area contributed by atoms with E-state index in [9.17, 15) is 4.79 Å². The Labute approximate surface area is 78.2 Å². The van der Waals surface area contributed by atoms with E-state index in [1.165, 1.54) is 6.92 Å². The van der Waals surface area contributed by atoms with E-state index >= 15 is 0 Å². The lowest BCUT2D eigenvalue weighted by atomic mass is 10.1. The van der Waals surface area contributed by atoms with Crippen LogP contribution in [-0.2, 0) is 6.42 Å². The van der Waals surface area contributed by atoms with Gasteiger partial charge in [-0.2, -0.15) is 0 Å². The molecule has 0 aliphatic heterocycles. The van der Waals surface area contributed by atoms with Crippen molar-refractivity contribution in [2.24, 2.45) is 5.92 Å². The third kappa shape index (κ3) is 2.41. The van der Waals surface area contributed by atoms with Gasteiger partial charge in [-0.1, -0.05) is 13.8 Å². The maximum atomic E-state index is 11.0. The summed E-state index contributed by atoms with van der Waals surface area (Å²) in [6.07, 6.45) is 0.786. The monoisotopic (exact) mass is 181 g/mol. The summed E-state index contributed by atoms with van der Waals surface area (Å²) >= 11 is 0. The van der Waals surface area contributed by atoms with E-state index in [2.05, 4.69) is 18.8 Å². The highest BCUT2D eigenvalue weighted by atomic mass is 16.4. The summed E-state index contributed by atoms with van der Waals surface area (Å²) in [6.45, 7) is 7.47. The minimum Gasteiger partial charge on any atom is -0.437 e. The molecule has 0 saturated carbocycles. The normalized spacial score (nSPS) is 10.8. The molecule has 0 aliphatic rings. The van der Waals surface area contributed by atoms with E-state index in [1.807, 2.05) is 0 Å². The number of rotatable bonds is 3. The van der Waals surface area contributed by atoms with Gasteiger partial charge in [-0.3, -0.25) is 4.79 Å². The van der Waals surface area contributed by atoms with Crippen molar-refractivity contribution in [2.75, 3.05) is 0 Å². The largest absolute Gasteiger partial charge is 0.437 e. The van der Waals surface area contributed by atoms with Crippen LogP contribution in [0.4, 0.5) is 0 Å². The molecule has 1 aromatic heterocycles. The van der Waals surface area contributed by atoms with Gasteiger partial charge >= 0.3 is 0 Å². The molecule has 0 fully saturated rings. The highest BCUT2D eigenvalue weighted by Gasteiger charge is 2.13. The van der Waals surface area contributed by atoms with E-state index in [4.69, 9.17) is 4.42 Å². The summed E-state index contributed by atoms with van der Waals surface area (Å²) < 4.78 is 5.33. The van der Waals surface area contributed by atoms with Crippen molar-refractivity contribution < 1.29 is 9.21 Å². The van der Waals surface area contributed by atoms with Gasteiger partial charge in [-0.25, -0.2) is 4.98 Å². The number of carbonyl (C=O) groups excluding carboxylic acids is 1. The molecular formula is C10H15NO2. The summed E-state index contributed by atoms with van der Waals surface area (Å²) in [5, 5.41) is 0. The van der Waals surface area contributed by atoms with E-state index < -0.39 is 0 Å². The molecule has 0 amide bonds. The van der Waals surface area contributed by atoms with Crippen molar-refractivity contribution in [1.29, 1.82) is 0 Å². The van der Waals surface area contributed by atoms with Crippen molar-refractivity contribution in [2.45, 2.75) is 34.1 Å². The molecule has 1 aromatic rings. The number of Topliss-reactive ketones (excluding diaryl/α,β-unsaturated/α-hetero) is 1. The average molecular weight is 181 g/mol. The van der Waals surface area contributed by atoms with Crippen LogP contribution in [0.5, 0.6) is 0 Å². The first-order valence-corrected chi connectivity index (χ1v) is 4.48. The zero-order valence-electron chi connectivity index (χ0n) is 8.55. The van der Waals surface area contributed by atoms with Gasteiger partial charge in [0.25, 0.3) is 0 Å². The molecule has 72 valence electrons. The number of hydrogen-bond donors (Lipinski definition) is 0. The van der Waals surface area contributed by atoms with Gasteiger partial charge < -0.3 is 4.42 Å². The van der Waals surface area contributed by atoms with Crippen LogP contribution >= 0.6 is 0 Å². The summed E-state index contributed by atoms with van der Waals surface area (Å²) in [5.74, 6) is 1.51. The Morgan fingerprint density at radius 2 is 2.15 bits per heavy atom. The second-order valence-electron chi connectivity index (χ2n) is 3.68. The number of ketones is 1. The van der Waals surface area contributed by atoms with Crippen molar-refractivity contribution in [1.82, 2.24) is 4.98 Å². The van der Waals surface area contributed by atoms with E-state index in [-0.39, 0.29) is 5.78 Å². The van der Waals surface area contributed by atoms with Gasteiger partial charge in [0.05, 0.1) is 5.69 Å². The topological polar surface area (TPSA) is 43.1 Å². The highest BCUT2D eigenvalue weighted by Crippen LogP contribution is 2.13. The molecule has 0 aliphatic carbocycles. The Balaban J connectivity index is 2.89. The van der Waals surface area contributed by atoms with Crippen LogP contribution in [0.2, 0.25) is 0 Å². The first-order valence-electron chi connectivity index (χ1n) is 4.48. The van der Waals surface area contributed by atoms with Crippen LogP contribution in [-0.4, -0.2) is 10.8 Å². The highest BCUT2D eigenvalue weighted by molar-refractivity contribution is 5.92. The quantitative estimate of drug-likeness (QED) is 0.672. The molecule has 3 heteroatoms. The summed E-state index contributed by atoms with van der Waals surface area (Å²) in [7, 11) is 0. The maximum Gasteiger partial charge on any atom is 0.196 e. The van der Waals surface area contributed by atoms with Gasteiger partial charge in [-0.15, -0.1) is 0 Å². The van der Waals surface area contributed by atoms with Crippen LogP contribution in [0.1, 0.15) is 42.9 Å². The third-order valence-electron chi connectivity index (χ3n) is 1.74. The Kier molecular flexibility index (Phi) is 2.86. The summed E-state index contributed by atoms with van der Waals surface area (Å²) in [4.78, 5) is 15.2. The predicted molar refractivity (Wildman–Crippen MR) is 49.8 cm³/mol. The minimum absolute atomic E-state index is 0.0555. The SMILES string of the molecule is CC(=O)c1oc(CC(C)C)nc1C. The van der Waals surface area contributed by atoms with E-state index in [0.29, 0.717) is 23.3 Å². The average Bonchev–Trinajstić information content (AvgIpc) is 2.29. The second-order valence-corrected chi connectivity index (χ2v) is 3.68. The molecule has 3 nitrogen and oxygen atoms in total. The van der Waals surface area contributed by atoms with Crippen LogP contribution in [0.25, 0.3) is 0 Å². The molecule has 1 rings (SSSR count). The molecule has 13 heavy (non-hydrogen) atoms. The zero-order chi connectivity index (χ0) is 10.0. The zero-order valence-corrected chi connectivity index (χ0v) is 8.55. The Bertz CT molecular complexity index is 313. The fraction of sp³-hybridized carbons (Fsp3) is 0.600. The number of hydrogen-bond acceptors (Lipinski definition) is 3. The predicted octanol–water partition coefficient (Wildman–Crippen LogP) is 2.38. The van der Waals surface area contributed by atoms with Crippen molar-refractivity contribution >= 4 is 5.78 Å². The van der Waals surface area contributed by atoms with Gasteiger partial charge in [0.2, 0.25) is 0 Å². The molecule has 0 aromatic carbocycles. The van der Waals surface area contributed by atoms with Crippen LogP contribution in [0, 0.1) is 12.8 Å². The van der Waals surface area contributed by atoms with Crippen molar-refractivity contribution in [3.8, 4) is 0 Å². The Hall–Kier alpha value is -1.12. The second kappa shape index (κ2) is 3.73. The Morgan fingerprint density at radius 1 is 1.54 bits per heavy atom. The smallest absolute Gasteiger partial charge is 0.196 e. The Morgan fingerprint density at radius 3 is 2.54 bits per heavy atom. The van der Waals surface area contributed by atoms with Crippen LogP contribution in [0.15, 0.2) is 4.42 Å². The van der Waals surface area contributed by atoms with Crippen molar-refractivity contribution in [3.05, 3.63) is 17.3 Å². The minimum atomic E-state index is -0.0555.